The van der Waals surface area contributed by atoms with Crippen LogP contribution in [0.1, 0.15) is 56.5 Å². The zero-order chi connectivity index (χ0) is 14.8. The molecule has 1 aromatic carbocycles. The Bertz CT molecular complexity index is 590. The Balaban J connectivity index is 1.86. The first-order valence-corrected chi connectivity index (χ1v) is 7.68. The Morgan fingerprint density at radius 3 is 2.76 bits per heavy atom. The lowest BCUT2D eigenvalue weighted by Gasteiger charge is -2.30. The number of hydrogen-bond acceptors (Lipinski definition) is 2. The number of aromatic nitrogens is 2. The van der Waals surface area contributed by atoms with Crippen LogP contribution in [0.2, 0.25) is 0 Å². The highest BCUT2D eigenvalue weighted by Gasteiger charge is 2.23. The van der Waals surface area contributed by atoms with Crippen molar-refractivity contribution in [1.29, 1.82) is 0 Å². The third-order valence-electron chi connectivity index (χ3n) is 4.44. The molecular weight excluding hydrogens is 265 g/mol. The van der Waals surface area contributed by atoms with Crippen LogP contribution in [0.3, 0.4) is 0 Å². The van der Waals surface area contributed by atoms with Gasteiger partial charge in [-0.15, -0.1) is 0 Å². The number of benzene rings is 1. The second-order valence-corrected chi connectivity index (χ2v) is 6.00. The first kappa shape index (κ1) is 14.3. The summed E-state index contributed by atoms with van der Waals surface area (Å²) in [5, 5.41) is 3.65. The maximum Gasteiger partial charge on any atom is 0.123 e. The fraction of sp³-hybridized carbons (Fsp3) is 0.471. The van der Waals surface area contributed by atoms with Gasteiger partial charge in [-0.05, 0) is 50.8 Å². The second-order valence-electron chi connectivity index (χ2n) is 6.00. The summed E-state index contributed by atoms with van der Waals surface area (Å²) in [7, 11) is 0. The van der Waals surface area contributed by atoms with E-state index >= 15 is 0 Å². The van der Waals surface area contributed by atoms with Gasteiger partial charge in [-0.25, -0.2) is 9.37 Å². The monoisotopic (exact) mass is 287 g/mol. The van der Waals surface area contributed by atoms with Crippen LogP contribution in [-0.2, 0) is 0 Å². The van der Waals surface area contributed by atoms with Crippen LogP contribution in [0, 0.1) is 5.82 Å². The first-order valence-electron chi connectivity index (χ1n) is 7.68. The van der Waals surface area contributed by atoms with Crippen molar-refractivity contribution in [3.8, 4) is 0 Å². The summed E-state index contributed by atoms with van der Waals surface area (Å²) < 4.78 is 15.3. The number of halogens is 1. The van der Waals surface area contributed by atoms with E-state index < -0.39 is 0 Å². The normalized spacial score (nSPS) is 24.0. The Hall–Kier alpha value is -1.68. The Morgan fingerprint density at radius 2 is 2.05 bits per heavy atom. The SMILES string of the molecule is CC1CCCC(c2cncn2C(C)c2ccc(F)cc2)N1. The average Bonchev–Trinajstić information content (AvgIpc) is 2.97. The molecule has 1 N–H and O–H groups in total. The van der Waals surface area contributed by atoms with Crippen LogP contribution in [0.25, 0.3) is 0 Å². The predicted molar refractivity (Wildman–Crippen MR) is 81.6 cm³/mol. The fourth-order valence-corrected chi connectivity index (χ4v) is 3.18. The molecule has 1 aliphatic rings. The molecule has 21 heavy (non-hydrogen) atoms. The lowest BCUT2D eigenvalue weighted by molar-refractivity contribution is 0.327. The molecule has 0 radical (unpaired) electrons. The largest absolute Gasteiger partial charge is 0.326 e. The molecule has 3 nitrogen and oxygen atoms in total. The van der Waals surface area contributed by atoms with E-state index in [1.54, 1.807) is 0 Å². The zero-order valence-corrected chi connectivity index (χ0v) is 12.6. The topological polar surface area (TPSA) is 29.9 Å². The van der Waals surface area contributed by atoms with Crippen LogP contribution < -0.4 is 5.32 Å². The summed E-state index contributed by atoms with van der Waals surface area (Å²) in [5.41, 5.74) is 2.32. The van der Waals surface area contributed by atoms with E-state index in [0.717, 1.165) is 12.0 Å². The van der Waals surface area contributed by atoms with E-state index in [0.29, 0.717) is 12.1 Å². The molecular formula is C17H22FN3. The number of hydrogen-bond donors (Lipinski definition) is 1. The molecule has 1 aromatic heterocycles. The molecule has 2 aromatic rings. The molecule has 1 saturated heterocycles. The molecule has 3 atom stereocenters. The van der Waals surface area contributed by atoms with Gasteiger partial charge in [0.15, 0.2) is 0 Å². The number of rotatable bonds is 3. The minimum absolute atomic E-state index is 0.155. The van der Waals surface area contributed by atoms with Gasteiger partial charge in [-0.2, -0.15) is 0 Å². The van der Waals surface area contributed by atoms with Gasteiger partial charge in [-0.1, -0.05) is 12.1 Å². The molecule has 1 fully saturated rings. The number of nitrogens with zero attached hydrogens (tertiary/aromatic N) is 2. The average molecular weight is 287 g/mol. The van der Waals surface area contributed by atoms with Crippen LogP contribution >= 0.6 is 0 Å². The fourth-order valence-electron chi connectivity index (χ4n) is 3.18. The Kier molecular flexibility index (Phi) is 4.06. The summed E-state index contributed by atoms with van der Waals surface area (Å²) >= 11 is 0. The number of imidazole rings is 1. The van der Waals surface area contributed by atoms with Crippen LogP contribution in [-0.4, -0.2) is 15.6 Å². The molecule has 0 aliphatic carbocycles. The maximum atomic E-state index is 13.1. The molecule has 2 heterocycles. The Labute approximate surface area is 125 Å². The predicted octanol–water partition coefficient (Wildman–Crippen LogP) is 3.83. The van der Waals surface area contributed by atoms with Crippen molar-refractivity contribution in [2.45, 2.75) is 51.2 Å². The van der Waals surface area contributed by atoms with Gasteiger partial charge in [-0.3, -0.25) is 0 Å². The standard InChI is InChI=1S/C17H22FN3/c1-12-4-3-5-16(20-12)17-10-19-11-21(17)13(2)14-6-8-15(18)9-7-14/h6-13,16,20H,3-5H2,1-2H3. The van der Waals surface area contributed by atoms with Crippen molar-refractivity contribution in [3.63, 3.8) is 0 Å². The highest BCUT2D eigenvalue weighted by molar-refractivity contribution is 5.22. The summed E-state index contributed by atoms with van der Waals surface area (Å²) in [6.45, 7) is 4.36. The van der Waals surface area contributed by atoms with E-state index in [2.05, 4.69) is 28.7 Å². The summed E-state index contributed by atoms with van der Waals surface area (Å²) in [5.74, 6) is -0.195. The molecule has 4 heteroatoms. The van der Waals surface area contributed by atoms with Gasteiger partial charge in [0.1, 0.15) is 5.82 Å². The molecule has 0 saturated carbocycles. The van der Waals surface area contributed by atoms with Gasteiger partial charge in [0, 0.05) is 18.3 Å². The quantitative estimate of drug-likeness (QED) is 0.929. The highest BCUT2D eigenvalue weighted by Crippen LogP contribution is 2.29. The summed E-state index contributed by atoms with van der Waals surface area (Å²) in [6, 6.07) is 7.79. The van der Waals surface area contributed by atoms with Gasteiger partial charge in [0.2, 0.25) is 0 Å². The molecule has 0 bridgehead atoms. The van der Waals surface area contributed by atoms with Crippen molar-refractivity contribution in [2.24, 2.45) is 0 Å². The zero-order valence-electron chi connectivity index (χ0n) is 12.6. The van der Waals surface area contributed by atoms with Crippen LogP contribution in [0.15, 0.2) is 36.8 Å². The molecule has 1 aliphatic heterocycles. The second kappa shape index (κ2) is 5.98. The van der Waals surface area contributed by atoms with Crippen molar-refractivity contribution in [2.75, 3.05) is 0 Å². The number of nitrogens with one attached hydrogen (secondary N) is 1. The Morgan fingerprint density at radius 1 is 1.29 bits per heavy atom. The highest BCUT2D eigenvalue weighted by atomic mass is 19.1. The molecule has 3 rings (SSSR count). The van der Waals surface area contributed by atoms with Crippen LogP contribution in [0.5, 0.6) is 0 Å². The third kappa shape index (κ3) is 3.00. The van der Waals surface area contributed by atoms with E-state index in [1.807, 2.05) is 24.7 Å². The van der Waals surface area contributed by atoms with E-state index in [-0.39, 0.29) is 11.9 Å². The van der Waals surface area contributed by atoms with Gasteiger partial charge in [0.05, 0.1) is 18.1 Å². The van der Waals surface area contributed by atoms with E-state index in [1.165, 1.54) is 30.7 Å². The van der Waals surface area contributed by atoms with Crippen molar-refractivity contribution >= 4 is 0 Å². The summed E-state index contributed by atoms with van der Waals surface area (Å²) in [6.07, 6.45) is 7.46. The van der Waals surface area contributed by atoms with Crippen molar-refractivity contribution in [1.82, 2.24) is 14.9 Å². The minimum atomic E-state index is -0.195. The van der Waals surface area contributed by atoms with Gasteiger partial charge in [0.25, 0.3) is 0 Å². The smallest absolute Gasteiger partial charge is 0.123 e. The maximum absolute atomic E-state index is 13.1. The first-order chi connectivity index (χ1) is 10.1. The van der Waals surface area contributed by atoms with Crippen molar-refractivity contribution in [3.05, 3.63) is 53.9 Å². The van der Waals surface area contributed by atoms with Gasteiger partial charge >= 0.3 is 0 Å². The minimum Gasteiger partial charge on any atom is -0.326 e. The molecule has 0 spiro atoms. The third-order valence-corrected chi connectivity index (χ3v) is 4.44. The number of piperidine rings is 1. The lowest BCUT2D eigenvalue weighted by Crippen LogP contribution is -2.35. The van der Waals surface area contributed by atoms with E-state index in [9.17, 15) is 4.39 Å². The molecule has 0 amide bonds. The van der Waals surface area contributed by atoms with Crippen molar-refractivity contribution < 1.29 is 4.39 Å². The van der Waals surface area contributed by atoms with E-state index in [4.69, 9.17) is 0 Å². The molecule has 112 valence electrons. The molecule has 3 unspecified atom stereocenters. The van der Waals surface area contributed by atoms with Gasteiger partial charge < -0.3 is 9.88 Å². The lowest BCUT2D eigenvalue weighted by atomic mass is 9.97. The van der Waals surface area contributed by atoms with Crippen LogP contribution in [0.4, 0.5) is 4.39 Å². The summed E-state index contributed by atoms with van der Waals surface area (Å²) in [4.78, 5) is 4.34.